The lowest BCUT2D eigenvalue weighted by molar-refractivity contribution is 0.269. The number of rotatable bonds is 3. The minimum Gasteiger partial charge on any atom is -0.307 e. The Morgan fingerprint density at radius 3 is 2.78 bits per heavy atom. The van der Waals surface area contributed by atoms with Gasteiger partial charge in [0.2, 0.25) is 0 Å². The summed E-state index contributed by atoms with van der Waals surface area (Å²) in [7, 11) is 0. The lowest BCUT2D eigenvalue weighted by atomic mass is 9.84. The van der Waals surface area contributed by atoms with Gasteiger partial charge in [-0.2, -0.15) is 0 Å². The predicted octanol–water partition coefficient (Wildman–Crippen LogP) is 4.95. The number of hydrogen-bond donors (Lipinski definition) is 1. The standard InChI is InChI=1S/C15H22ClNS/c1-2-10-3-5-11(6-4-10)17-13-7-8-14-12(13)9-15(16)18-14/h9-11,13,17H,2-8H2,1H3. The summed E-state index contributed by atoms with van der Waals surface area (Å²) in [5.74, 6) is 0.984. The predicted molar refractivity (Wildman–Crippen MR) is 79.6 cm³/mol. The van der Waals surface area contributed by atoms with Gasteiger partial charge < -0.3 is 5.32 Å². The van der Waals surface area contributed by atoms with E-state index >= 15 is 0 Å². The summed E-state index contributed by atoms with van der Waals surface area (Å²) in [5, 5.41) is 3.88. The lowest BCUT2D eigenvalue weighted by Crippen LogP contribution is -2.35. The molecule has 0 radical (unpaired) electrons. The highest BCUT2D eigenvalue weighted by Crippen LogP contribution is 2.40. The smallest absolute Gasteiger partial charge is 0.0934 e. The van der Waals surface area contributed by atoms with Crippen molar-refractivity contribution in [2.75, 3.05) is 0 Å². The number of hydrogen-bond acceptors (Lipinski definition) is 2. The molecule has 18 heavy (non-hydrogen) atoms. The topological polar surface area (TPSA) is 12.0 Å². The van der Waals surface area contributed by atoms with Crippen LogP contribution >= 0.6 is 22.9 Å². The molecule has 2 aliphatic carbocycles. The largest absolute Gasteiger partial charge is 0.307 e. The van der Waals surface area contributed by atoms with Gasteiger partial charge in [0.15, 0.2) is 0 Å². The number of fused-ring (bicyclic) bond motifs is 1. The molecule has 0 bridgehead atoms. The van der Waals surface area contributed by atoms with Crippen LogP contribution in [-0.2, 0) is 6.42 Å². The fourth-order valence-corrected chi connectivity index (χ4v) is 4.88. The lowest BCUT2D eigenvalue weighted by Gasteiger charge is -2.30. The Hall–Kier alpha value is -0.0500. The number of halogens is 1. The van der Waals surface area contributed by atoms with Crippen LogP contribution in [0.25, 0.3) is 0 Å². The fraction of sp³-hybridized carbons (Fsp3) is 0.733. The van der Waals surface area contributed by atoms with E-state index in [-0.39, 0.29) is 0 Å². The van der Waals surface area contributed by atoms with Crippen LogP contribution in [0.1, 0.15) is 61.9 Å². The highest BCUT2D eigenvalue weighted by Gasteiger charge is 2.28. The van der Waals surface area contributed by atoms with Crippen molar-refractivity contribution in [1.29, 1.82) is 0 Å². The maximum Gasteiger partial charge on any atom is 0.0934 e. The molecule has 1 saturated carbocycles. The first-order valence-electron chi connectivity index (χ1n) is 7.30. The van der Waals surface area contributed by atoms with Crippen molar-refractivity contribution in [1.82, 2.24) is 5.32 Å². The van der Waals surface area contributed by atoms with E-state index in [1.165, 1.54) is 55.4 Å². The average molecular weight is 284 g/mol. The van der Waals surface area contributed by atoms with Crippen LogP contribution in [-0.4, -0.2) is 6.04 Å². The zero-order chi connectivity index (χ0) is 12.5. The van der Waals surface area contributed by atoms with Gasteiger partial charge in [-0.25, -0.2) is 0 Å². The molecule has 0 aromatic carbocycles. The van der Waals surface area contributed by atoms with E-state index in [0.717, 1.165) is 16.3 Å². The van der Waals surface area contributed by atoms with Crippen molar-refractivity contribution >= 4 is 22.9 Å². The Balaban J connectivity index is 1.58. The molecule has 1 unspecified atom stereocenters. The second-order valence-electron chi connectivity index (χ2n) is 5.81. The molecule has 1 N–H and O–H groups in total. The second kappa shape index (κ2) is 5.52. The molecular formula is C15H22ClNS. The Labute approximate surface area is 119 Å². The van der Waals surface area contributed by atoms with Gasteiger partial charge in [0.05, 0.1) is 4.34 Å². The third kappa shape index (κ3) is 2.61. The summed E-state index contributed by atoms with van der Waals surface area (Å²) in [4.78, 5) is 1.51. The molecule has 1 aromatic rings. The number of nitrogens with one attached hydrogen (secondary N) is 1. The Bertz CT molecular complexity index is 407. The highest BCUT2D eigenvalue weighted by atomic mass is 35.5. The van der Waals surface area contributed by atoms with E-state index in [0.29, 0.717) is 6.04 Å². The molecule has 2 aliphatic rings. The van der Waals surface area contributed by atoms with Crippen molar-refractivity contribution in [2.45, 2.75) is 64.0 Å². The van der Waals surface area contributed by atoms with Gasteiger partial charge >= 0.3 is 0 Å². The van der Waals surface area contributed by atoms with Crippen LogP contribution in [0.5, 0.6) is 0 Å². The molecule has 1 nitrogen and oxygen atoms in total. The third-order valence-electron chi connectivity index (χ3n) is 4.71. The van der Waals surface area contributed by atoms with E-state index in [1.807, 2.05) is 0 Å². The van der Waals surface area contributed by atoms with E-state index in [2.05, 4.69) is 18.3 Å². The van der Waals surface area contributed by atoms with E-state index in [1.54, 1.807) is 11.3 Å². The molecular weight excluding hydrogens is 262 g/mol. The normalized spacial score (nSPS) is 31.6. The first-order chi connectivity index (χ1) is 8.76. The zero-order valence-electron chi connectivity index (χ0n) is 11.0. The zero-order valence-corrected chi connectivity index (χ0v) is 12.6. The maximum atomic E-state index is 6.12. The van der Waals surface area contributed by atoms with Gasteiger partial charge in [0, 0.05) is 17.0 Å². The van der Waals surface area contributed by atoms with Crippen LogP contribution < -0.4 is 5.32 Å². The van der Waals surface area contributed by atoms with Crippen LogP contribution in [0.3, 0.4) is 0 Å². The van der Waals surface area contributed by atoms with Crippen LogP contribution in [0.2, 0.25) is 4.34 Å². The molecule has 1 heterocycles. The van der Waals surface area contributed by atoms with Gasteiger partial charge in [-0.1, -0.05) is 24.9 Å². The number of aryl methyl sites for hydroxylation is 1. The van der Waals surface area contributed by atoms with E-state index in [9.17, 15) is 0 Å². The summed E-state index contributed by atoms with van der Waals surface area (Å²) in [5.41, 5.74) is 1.49. The summed E-state index contributed by atoms with van der Waals surface area (Å²) >= 11 is 7.89. The van der Waals surface area contributed by atoms with Crippen molar-refractivity contribution < 1.29 is 0 Å². The molecule has 3 heteroatoms. The van der Waals surface area contributed by atoms with E-state index in [4.69, 9.17) is 11.6 Å². The van der Waals surface area contributed by atoms with Crippen LogP contribution in [0.4, 0.5) is 0 Å². The molecule has 1 aromatic heterocycles. The summed E-state index contributed by atoms with van der Waals surface area (Å²) < 4.78 is 0.959. The number of thiophene rings is 1. The Morgan fingerprint density at radius 1 is 1.28 bits per heavy atom. The minimum atomic E-state index is 0.576. The molecule has 0 amide bonds. The minimum absolute atomic E-state index is 0.576. The van der Waals surface area contributed by atoms with Crippen molar-refractivity contribution in [3.05, 3.63) is 20.8 Å². The van der Waals surface area contributed by atoms with Crippen molar-refractivity contribution in [3.63, 3.8) is 0 Å². The molecule has 0 saturated heterocycles. The maximum absolute atomic E-state index is 6.12. The molecule has 0 spiro atoms. The Kier molecular flexibility index (Phi) is 3.97. The third-order valence-corrected chi connectivity index (χ3v) is 6.05. The highest BCUT2D eigenvalue weighted by molar-refractivity contribution is 7.16. The summed E-state index contributed by atoms with van der Waals surface area (Å²) in [6, 6.07) is 3.50. The molecule has 3 rings (SSSR count). The fourth-order valence-electron chi connectivity index (χ4n) is 3.53. The molecule has 1 atom stereocenters. The molecule has 0 aliphatic heterocycles. The van der Waals surface area contributed by atoms with Gasteiger partial charge in [0.25, 0.3) is 0 Å². The monoisotopic (exact) mass is 283 g/mol. The SMILES string of the molecule is CCC1CCC(NC2CCc3sc(Cl)cc32)CC1. The second-order valence-corrected chi connectivity index (χ2v) is 7.58. The molecule has 1 fully saturated rings. The molecule has 100 valence electrons. The average Bonchev–Trinajstić information content (AvgIpc) is 2.91. The van der Waals surface area contributed by atoms with Gasteiger partial charge in [0.1, 0.15) is 0 Å². The van der Waals surface area contributed by atoms with E-state index < -0.39 is 0 Å². The van der Waals surface area contributed by atoms with Gasteiger partial charge in [-0.15, -0.1) is 11.3 Å². The quantitative estimate of drug-likeness (QED) is 0.828. The first-order valence-corrected chi connectivity index (χ1v) is 8.50. The summed E-state index contributed by atoms with van der Waals surface area (Å²) in [6.07, 6.45) is 9.40. The van der Waals surface area contributed by atoms with Gasteiger partial charge in [-0.05, 0) is 56.1 Å². The van der Waals surface area contributed by atoms with Gasteiger partial charge in [-0.3, -0.25) is 0 Å². The van der Waals surface area contributed by atoms with Crippen LogP contribution in [0.15, 0.2) is 6.07 Å². The first kappa shape index (κ1) is 13.0. The summed E-state index contributed by atoms with van der Waals surface area (Å²) in [6.45, 7) is 2.33. The van der Waals surface area contributed by atoms with Crippen LogP contribution in [0, 0.1) is 5.92 Å². The van der Waals surface area contributed by atoms with Crippen molar-refractivity contribution in [3.8, 4) is 0 Å². The van der Waals surface area contributed by atoms with Crippen molar-refractivity contribution in [2.24, 2.45) is 5.92 Å². The Morgan fingerprint density at radius 2 is 2.06 bits per heavy atom.